The van der Waals surface area contributed by atoms with E-state index in [0.29, 0.717) is 0 Å². The average molecular weight is 209 g/mol. The first-order valence-electron chi connectivity index (χ1n) is 4.90. The van der Waals surface area contributed by atoms with Crippen LogP contribution in [0.3, 0.4) is 0 Å². The van der Waals surface area contributed by atoms with Crippen molar-refractivity contribution in [1.82, 2.24) is 9.97 Å². The Morgan fingerprint density at radius 2 is 2.50 bits per heavy atom. The van der Waals surface area contributed by atoms with E-state index in [1.54, 1.807) is 11.8 Å². The molecule has 0 saturated carbocycles. The van der Waals surface area contributed by atoms with Gasteiger partial charge in [0.25, 0.3) is 0 Å². The van der Waals surface area contributed by atoms with Crippen molar-refractivity contribution in [2.45, 2.75) is 31.1 Å². The molecule has 1 aliphatic rings. The maximum absolute atomic E-state index is 5.99. The smallest absolute Gasteiger partial charge is 0.138 e. The molecule has 2 rings (SSSR count). The molecule has 0 fully saturated rings. The molecule has 14 heavy (non-hydrogen) atoms. The van der Waals surface area contributed by atoms with Crippen molar-refractivity contribution in [3.8, 4) is 0 Å². The van der Waals surface area contributed by atoms with Crippen LogP contribution in [0.1, 0.15) is 36.0 Å². The maximum atomic E-state index is 5.99. The van der Waals surface area contributed by atoms with Crippen LogP contribution in [0.4, 0.5) is 0 Å². The molecule has 0 amide bonds. The fourth-order valence-corrected chi connectivity index (χ4v) is 2.22. The second-order valence-electron chi connectivity index (χ2n) is 3.62. The third-order valence-corrected chi connectivity index (χ3v) is 3.10. The summed E-state index contributed by atoms with van der Waals surface area (Å²) in [7, 11) is 0. The van der Waals surface area contributed by atoms with Crippen molar-refractivity contribution in [2.24, 2.45) is 5.73 Å². The van der Waals surface area contributed by atoms with E-state index in [1.165, 1.54) is 5.69 Å². The predicted molar refractivity (Wildman–Crippen MR) is 59.1 cm³/mol. The van der Waals surface area contributed by atoms with Gasteiger partial charge in [0.2, 0.25) is 0 Å². The van der Waals surface area contributed by atoms with Crippen LogP contribution < -0.4 is 5.73 Å². The molecular weight excluding hydrogens is 194 g/mol. The van der Waals surface area contributed by atoms with Crippen LogP contribution in [0.2, 0.25) is 0 Å². The molecule has 0 spiro atoms. The third kappa shape index (κ3) is 1.91. The van der Waals surface area contributed by atoms with E-state index >= 15 is 0 Å². The molecule has 1 atom stereocenters. The van der Waals surface area contributed by atoms with Gasteiger partial charge in [0.05, 0.1) is 5.75 Å². The second-order valence-corrected chi connectivity index (χ2v) is 4.49. The summed E-state index contributed by atoms with van der Waals surface area (Å²) in [5.41, 5.74) is 8.31. The van der Waals surface area contributed by atoms with Gasteiger partial charge in [-0.25, -0.2) is 9.97 Å². The summed E-state index contributed by atoms with van der Waals surface area (Å²) < 4.78 is 0. The topological polar surface area (TPSA) is 51.8 Å². The van der Waals surface area contributed by atoms with Gasteiger partial charge in [-0.2, -0.15) is 11.8 Å². The molecule has 0 aromatic carbocycles. The summed E-state index contributed by atoms with van der Waals surface area (Å²) in [4.78, 5) is 8.86. The molecule has 0 aliphatic heterocycles. The molecule has 0 saturated heterocycles. The number of nitrogens with zero attached hydrogens (tertiary/aromatic N) is 2. The number of rotatable bonds is 2. The van der Waals surface area contributed by atoms with Crippen molar-refractivity contribution in [1.29, 1.82) is 0 Å². The van der Waals surface area contributed by atoms with E-state index in [1.807, 2.05) is 6.20 Å². The minimum atomic E-state index is 0.155. The molecule has 76 valence electrons. The monoisotopic (exact) mass is 209 g/mol. The number of hydrogen-bond donors (Lipinski definition) is 1. The molecule has 2 N–H and O–H groups in total. The largest absolute Gasteiger partial charge is 0.324 e. The fourth-order valence-electron chi connectivity index (χ4n) is 1.82. The Hall–Kier alpha value is -0.610. The third-order valence-electron chi connectivity index (χ3n) is 2.55. The van der Waals surface area contributed by atoms with Crippen LogP contribution in [0.5, 0.6) is 0 Å². The lowest BCUT2D eigenvalue weighted by Crippen LogP contribution is -2.19. The first-order chi connectivity index (χ1) is 6.81. The minimum Gasteiger partial charge on any atom is -0.324 e. The summed E-state index contributed by atoms with van der Waals surface area (Å²) in [6.45, 7) is 0. The van der Waals surface area contributed by atoms with Gasteiger partial charge in [-0.15, -0.1) is 0 Å². The predicted octanol–water partition coefficient (Wildman–Crippen LogP) is 1.68. The average Bonchev–Trinajstić information content (AvgIpc) is 2.18. The van der Waals surface area contributed by atoms with E-state index < -0.39 is 0 Å². The summed E-state index contributed by atoms with van der Waals surface area (Å²) in [6.07, 6.45) is 7.27. The van der Waals surface area contributed by atoms with Crippen LogP contribution in [0, 0.1) is 0 Å². The molecule has 1 aromatic heterocycles. The molecule has 1 aromatic rings. The summed E-state index contributed by atoms with van der Waals surface area (Å²) >= 11 is 1.75. The highest BCUT2D eigenvalue weighted by Gasteiger charge is 2.18. The van der Waals surface area contributed by atoms with Gasteiger partial charge in [0, 0.05) is 23.5 Å². The lowest BCUT2D eigenvalue weighted by Gasteiger charge is -2.20. The zero-order valence-corrected chi connectivity index (χ0v) is 9.18. The van der Waals surface area contributed by atoms with Gasteiger partial charge in [-0.05, 0) is 25.5 Å². The maximum Gasteiger partial charge on any atom is 0.138 e. The Balaban J connectivity index is 2.29. The molecule has 1 heterocycles. The highest BCUT2D eigenvalue weighted by Crippen LogP contribution is 2.25. The summed E-state index contributed by atoms with van der Waals surface area (Å²) in [5.74, 6) is 1.83. The Morgan fingerprint density at radius 1 is 1.64 bits per heavy atom. The zero-order chi connectivity index (χ0) is 9.97. The molecule has 1 aliphatic carbocycles. The number of fused-ring (bicyclic) bond motifs is 1. The first-order valence-corrected chi connectivity index (χ1v) is 6.30. The SMILES string of the molecule is CSCc1ncc2c(n1)CCCC2N. The van der Waals surface area contributed by atoms with E-state index in [9.17, 15) is 0 Å². The number of hydrogen-bond acceptors (Lipinski definition) is 4. The van der Waals surface area contributed by atoms with Crippen LogP contribution >= 0.6 is 11.8 Å². The highest BCUT2D eigenvalue weighted by atomic mass is 32.2. The van der Waals surface area contributed by atoms with Gasteiger partial charge >= 0.3 is 0 Å². The van der Waals surface area contributed by atoms with E-state index in [2.05, 4.69) is 16.2 Å². The quantitative estimate of drug-likeness (QED) is 0.805. The highest BCUT2D eigenvalue weighted by molar-refractivity contribution is 7.97. The fraction of sp³-hybridized carbons (Fsp3) is 0.600. The van der Waals surface area contributed by atoms with Crippen molar-refractivity contribution >= 4 is 11.8 Å². The molecule has 1 unspecified atom stereocenters. The van der Waals surface area contributed by atoms with Gasteiger partial charge in [-0.3, -0.25) is 0 Å². The zero-order valence-electron chi connectivity index (χ0n) is 8.36. The summed E-state index contributed by atoms with van der Waals surface area (Å²) in [5, 5.41) is 0. The van der Waals surface area contributed by atoms with Gasteiger partial charge < -0.3 is 5.73 Å². The Morgan fingerprint density at radius 3 is 3.29 bits per heavy atom. The second kappa shape index (κ2) is 4.28. The van der Waals surface area contributed by atoms with Crippen LogP contribution in [0.25, 0.3) is 0 Å². The number of thioether (sulfide) groups is 1. The van der Waals surface area contributed by atoms with Crippen molar-refractivity contribution in [3.63, 3.8) is 0 Å². The molecular formula is C10H15N3S. The minimum absolute atomic E-state index is 0.155. The lowest BCUT2D eigenvalue weighted by molar-refractivity contribution is 0.554. The van der Waals surface area contributed by atoms with Gasteiger partial charge in [0.1, 0.15) is 5.82 Å². The molecule has 0 radical (unpaired) electrons. The van der Waals surface area contributed by atoms with Crippen LogP contribution in [0.15, 0.2) is 6.20 Å². The Labute approximate surface area is 88.5 Å². The molecule has 3 nitrogen and oxygen atoms in total. The van der Waals surface area contributed by atoms with Gasteiger partial charge in [0.15, 0.2) is 0 Å². The van der Waals surface area contributed by atoms with Crippen molar-refractivity contribution in [3.05, 3.63) is 23.3 Å². The Kier molecular flexibility index (Phi) is 3.03. The normalized spacial score (nSPS) is 20.6. The standard InChI is InChI=1S/C10H15N3S/c1-14-6-10-12-5-7-8(11)3-2-4-9(7)13-10/h5,8H,2-4,6,11H2,1H3. The van der Waals surface area contributed by atoms with Gasteiger partial charge in [-0.1, -0.05) is 0 Å². The number of aryl methyl sites for hydroxylation is 1. The van der Waals surface area contributed by atoms with E-state index in [0.717, 1.165) is 36.4 Å². The van der Waals surface area contributed by atoms with Crippen molar-refractivity contribution in [2.75, 3.05) is 6.26 Å². The van der Waals surface area contributed by atoms with Crippen molar-refractivity contribution < 1.29 is 0 Å². The molecule has 4 heteroatoms. The number of nitrogens with two attached hydrogens (primary N) is 1. The summed E-state index contributed by atoms with van der Waals surface area (Å²) in [6, 6.07) is 0.155. The molecule has 0 bridgehead atoms. The van der Waals surface area contributed by atoms with Crippen LogP contribution in [-0.4, -0.2) is 16.2 Å². The lowest BCUT2D eigenvalue weighted by atomic mass is 9.93. The number of aromatic nitrogens is 2. The Bertz CT molecular complexity index is 327. The van der Waals surface area contributed by atoms with Crippen LogP contribution in [-0.2, 0) is 12.2 Å². The van der Waals surface area contributed by atoms with E-state index in [-0.39, 0.29) is 6.04 Å². The van der Waals surface area contributed by atoms with E-state index in [4.69, 9.17) is 5.73 Å². The first kappa shape index (κ1) is 9.93.